The van der Waals surface area contributed by atoms with Crippen LogP contribution in [0.4, 0.5) is 10.2 Å². The second kappa shape index (κ2) is 5.10. The van der Waals surface area contributed by atoms with Gasteiger partial charge < -0.3 is 10.8 Å². The van der Waals surface area contributed by atoms with E-state index in [9.17, 15) is 9.50 Å². The lowest BCUT2D eigenvalue weighted by molar-refractivity contribution is 0.277. The maximum absolute atomic E-state index is 13.8. The topological polar surface area (TPSA) is 72.0 Å². The van der Waals surface area contributed by atoms with Gasteiger partial charge in [-0.05, 0) is 35.6 Å². The molecule has 2 aromatic heterocycles. The van der Waals surface area contributed by atoms with Crippen molar-refractivity contribution in [3.8, 4) is 11.1 Å². The fourth-order valence-electron chi connectivity index (χ4n) is 2.45. The first-order valence-electron chi connectivity index (χ1n) is 6.50. The summed E-state index contributed by atoms with van der Waals surface area (Å²) >= 11 is 0. The van der Waals surface area contributed by atoms with Crippen molar-refractivity contribution >= 4 is 16.6 Å². The molecular weight excluding hydrogens is 269 g/mol. The van der Waals surface area contributed by atoms with E-state index in [2.05, 4.69) is 9.97 Å². The Bertz CT molecular complexity index is 833. The molecule has 2 heterocycles. The molecule has 0 aliphatic heterocycles. The zero-order chi connectivity index (χ0) is 15.0. The fraction of sp³-hybridized carbons (Fsp3) is 0.125. The van der Waals surface area contributed by atoms with Crippen LogP contribution in [0.25, 0.3) is 21.9 Å². The molecule has 0 amide bonds. The van der Waals surface area contributed by atoms with E-state index in [0.29, 0.717) is 22.6 Å². The van der Waals surface area contributed by atoms with Crippen molar-refractivity contribution in [3.63, 3.8) is 0 Å². The van der Waals surface area contributed by atoms with Gasteiger partial charge in [0.2, 0.25) is 0 Å². The molecule has 0 bridgehead atoms. The van der Waals surface area contributed by atoms with Gasteiger partial charge in [0.1, 0.15) is 11.6 Å². The summed E-state index contributed by atoms with van der Waals surface area (Å²) in [5.74, 6) is 0.0626. The van der Waals surface area contributed by atoms with Crippen molar-refractivity contribution in [2.45, 2.75) is 13.5 Å². The molecule has 0 radical (unpaired) electrons. The number of pyridine rings is 2. The van der Waals surface area contributed by atoms with Gasteiger partial charge in [-0.1, -0.05) is 12.1 Å². The molecule has 21 heavy (non-hydrogen) atoms. The van der Waals surface area contributed by atoms with Crippen molar-refractivity contribution < 1.29 is 9.50 Å². The molecule has 4 nitrogen and oxygen atoms in total. The van der Waals surface area contributed by atoms with E-state index in [4.69, 9.17) is 5.73 Å². The van der Waals surface area contributed by atoms with Gasteiger partial charge in [-0.25, -0.2) is 9.37 Å². The van der Waals surface area contributed by atoms with Gasteiger partial charge in [0.15, 0.2) is 0 Å². The third kappa shape index (κ3) is 2.32. The van der Waals surface area contributed by atoms with Crippen molar-refractivity contribution in [1.82, 2.24) is 9.97 Å². The number of halogens is 1. The number of aliphatic hydroxyl groups excluding tert-OH is 1. The first kappa shape index (κ1) is 13.5. The molecule has 0 spiro atoms. The Morgan fingerprint density at radius 2 is 1.95 bits per heavy atom. The molecule has 3 rings (SSSR count). The fourth-order valence-corrected chi connectivity index (χ4v) is 2.45. The number of aromatic nitrogens is 2. The molecule has 0 unspecified atom stereocenters. The molecule has 1 aromatic carbocycles. The zero-order valence-electron chi connectivity index (χ0n) is 11.5. The van der Waals surface area contributed by atoms with Crippen LogP contribution in [0.2, 0.25) is 0 Å². The minimum absolute atomic E-state index is 0.242. The second-order valence-electron chi connectivity index (χ2n) is 4.88. The van der Waals surface area contributed by atoms with Crippen LogP contribution in [-0.2, 0) is 6.61 Å². The first-order valence-corrected chi connectivity index (χ1v) is 6.50. The smallest absolute Gasteiger partial charge is 0.145 e. The van der Waals surface area contributed by atoms with Crippen LogP contribution < -0.4 is 5.73 Å². The predicted molar refractivity (Wildman–Crippen MR) is 80.0 cm³/mol. The Balaban J connectivity index is 2.25. The molecule has 0 atom stereocenters. The molecular formula is C16H14FN3O. The van der Waals surface area contributed by atoms with Crippen molar-refractivity contribution in [2.75, 3.05) is 5.73 Å². The van der Waals surface area contributed by atoms with Gasteiger partial charge in [-0.15, -0.1) is 0 Å². The Labute approximate surface area is 121 Å². The average molecular weight is 283 g/mol. The largest absolute Gasteiger partial charge is 0.390 e. The minimum Gasteiger partial charge on any atom is -0.390 e. The molecule has 0 fully saturated rings. The number of anilines is 1. The van der Waals surface area contributed by atoms with Crippen molar-refractivity contribution in [2.24, 2.45) is 0 Å². The van der Waals surface area contributed by atoms with E-state index in [1.165, 1.54) is 0 Å². The summed E-state index contributed by atoms with van der Waals surface area (Å²) in [6.45, 7) is 1.44. The second-order valence-corrected chi connectivity index (χ2v) is 4.88. The normalized spacial score (nSPS) is 11.0. The Kier molecular flexibility index (Phi) is 3.27. The number of hydrogen-bond acceptors (Lipinski definition) is 4. The third-order valence-corrected chi connectivity index (χ3v) is 3.54. The van der Waals surface area contributed by atoms with E-state index in [1.54, 1.807) is 19.2 Å². The summed E-state index contributed by atoms with van der Waals surface area (Å²) < 4.78 is 13.8. The summed E-state index contributed by atoms with van der Waals surface area (Å²) in [7, 11) is 0. The molecule has 3 N–H and O–H groups in total. The lowest BCUT2D eigenvalue weighted by Crippen LogP contribution is -1.99. The van der Waals surface area contributed by atoms with E-state index < -0.39 is 5.82 Å². The first-order chi connectivity index (χ1) is 10.1. The highest BCUT2D eigenvalue weighted by atomic mass is 19.1. The van der Waals surface area contributed by atoms with Gasteiger partial charge in [0.25, 0.3) is 0 Å². The minimum atomic E-state index is -0.391. The lowest BCUT2D eigenvalue weighted by atomic mass is 9.97. The maximum atomic E-state index is 13.8. The Hall–Kier alpha value is -2.53. The molecule has 0 saturated heterocycles. The number of nitrogens with two attached hydrogens (primary N) is 1. The van der Waals surface area contributed by atoms with E-state index in [-0.39, 0.29) is 6.61 Å². The maximum Gasteiger partial charge on any atom is 0.145 e. The number of rotatable bonds is 2. The van der Waals surface area contributed by atoms with E-state index >= 15 is 0 Å². The van der Waals surface area contributed by atoms with Gasteiger partial charge in [0, 0.05) is 17.1 Å². The van der Waals surface area contributed by atoms with E-state index in [1.807, 2.05) is 18.2 Å². The molecule has 0 aliphatic rings. The summed E-state index contributed by atoms with van der Waals surface area (Å²) in [4.78, 5) is 8.03. The third-order valence-electron chi connectivity index (χ3n) is 3.54. The van der Waals surface area contributed by atoms with Gasteiger partial charge in [0.05, 0.1) is 18.5 Å². The summed E-state index contributed by atoms with van der Waals surface area (Å²) in [5.41, 5.74) is 8.00. The molecule has 5 heteroatoms. The summed E-state index contributed by atoms with van der Waals surface area (Å²) in [5, 5.41) is 11.3. The van der Waals surface area contributed by atoms with Gasteiger partial charge in [-0.3, -0.25) is 4.98 Å². The van der Waals surface area contributed by atoms with Crippen LogP contribution in [0.1, 0.15) is 11.3 Å². The van der Waals surface area contributed by atoms with Crippen LogP contribution >= 0.6 is 0 Å². The lowest BCUT2D eigenvalue weighted by Gasteiger charge is -2.12. The molecule has 3 aromatic rings. The molecule has 106 valence electrons. The zero-order valence-corrected chi connectivity index (χ0v) is 11.5. The van der Waals surface area contributed by atoms with Crippen LogP contribution in [0.3, 0.4) is 0 Å². The van der Waals surface area contributed by atoms with Gasteiger partial charge >= 0.3 is 0 Å². The number of hydrogen-bond donors (Lipinski definition) is 2. The number of aliphatic hydroxyl groups is 1. The SMILES string of the molecule is Cc1c(F)cnc(CO)c1-c1ccc2cc(N)ncc2c1. The standard InChI is InChI=1S/C16H14FN3O/c1-9-13(17)7-19-14(8-21)16(9)11-3-2-10-5-15(18)20-6-12(10)4-11/h2-7,21H,8H2,1H3,(H2,18,20). The highest BCUT2D eigenvalue weighted by molar-refractivity contribution is 5.88. The quantitative estimate of drug-likeness (QED) is 0.758. The van der Waals surface area contributed by atoms with Crippen LogP contribution in [0.5, 0.6) is 0 Å². The number of fused-ring (bicyclic) bond motifs is 1. The Morgan fingerprint density at radius 1 is 1.14 bits per heavy atom. The number of nitrogens with zero attached hydrogens (tertiary/aromatic N) is 2. The number of nitrogen functional groups attached to an aromatic ring is 1. The number of benzene rings is 1. The monoisotopic (exact) mass is 283 g/mol. The van der Waals surface area contributed by atoms with Crippen molar-refractivity contribution in [3.05, 3.63) is 53.7 Å². The summed E-state index contributed by atoms with van der Waals surface area (Å²) in [6.07, 6.45) is 2.81. The predicted octanol–water partition coefficient (Wildman–Crippen LogP) is 2.82. The van der Waals surface area contributed by atoms with Crippen LogP contribution in [0, 0.1) is 12.7 Å². The van der Waals surface area contributed by atoms with E-state index in [0.717, 1.165) is 22.5 Å². The average Bonchev–Trinajstić information content (AvgIpc) is 2.49. The summed E-state index contributed by atoms with van der Waals surface area (Å²) in [6, 6.07) is 7.44. The van der Waals surface area contributed by atoms with Crippen LogP contribution in [0.15, 0.2) is 36.7 Å². The Morgan fingerprint density at radius 3 is 2.71 bits per heavy atom. The highest BCUT2D eigenvalue weighted by Crippen LogP contribution is 2.30. The highest BCUT2D eigenvalue weighted by Gasteiger charge is 2.13. The van der Waals surface area contributed by atoms with Gasteiger partial charge in [-0.2, -0.15) is 0 Å². The van der Waals surface area contributed by atoms with Crippen molar-refractivity contribution in [1.29, 1.82) is 0 Å². The van der Waals surface area contributed by atoms with Crippen LogP contribution in [-0.4, -0.2) is 15.1 Å². The molecule has 0 saturated carbocycles. The molecule has 0 aliphatic carbocycles.